The molecular formula is C23H26N4O2S. The van der Waals surface area contributed by atoms with Crippen molar-refractivity contribution in [2.75, 3.05) is 42.9 Å². The predicted octanol–water partition coefficient (Wildman–Crippen LogP) is 4.12. The van der Waals surface area contributed by atoms with E-state index in [4.69, 9.17) is 4.42 Å². The molecule has 1 aliphatic carbocycles. The van der Waals surface area contributed by atoms with Gasteiger partial charge in [0, 0.05) is 49.5 Å². The predicted molar refractivity (Wildman–Crippen MR) is 120 cm³/mol. The first kappa shape index (κ1) is 19.3. The number of hydrogen-bond acceptors (Lipinski definition) is 6. The molecule has 7 heteroatoms. The van der Waals surface area contributed by atoms with Gasteiger partial charge in [0.15, 0.2) is 10.8 Å². The van der Waals surface area contributed by atoms with E-state index >= 15 is 0 Å². The summed E-state index contributed by atoms with van der Waals surface area (Å²) >= 11 is 1.49. The zero-order valence-electron chi connectivity index (χ0n) is 16.9. The van der Waals surface area contributed by atoms with E-state index in [9.17, 15) is 4.79 Å². The number of nitrogens with one attached hydrogen (secondary N) is 1. The van der Waals surface area contributed by atoms with Crippen molar-refractivity contribution in [3.63, 3.8) is 0 Å². The Labute approximate surface area is 180 Å². The number of carbonyl (C=O) groups is 1. The monoisotopic (exact) mass is 422 g/mol. The van der Waals surface area contributed by atoms with Crippen molar-refractivity contribution in [2.45, 2.75) is 19.3 Å². The van der Waals surface area contributed by atoms with Crippen LogP contribution in [0.3, 0.4) is 0 Å². The van der Waals surface area contributed by atoms with Gasteiger partial charge in [-0.3, -0.25) is 9.69 Å². The number of rotatable bonds is 7. The maximum Gasteiger partial charge on any atom is 0.230 e. The standard InChI is InChI=1S/C23H26N4O2S/c28-22(14-19-16-30-23(25-19)21-5-2-12-29-21)24-18-3-1-4-20(13-18)27-10-8-26(9-11-27)15-17-6-7-17/h1-5,12-13,16-17H,6-11,14-15H2,(H,24,28). The molecule has 1 amide bonds. The molecule has 2 aromatic heterocycles. The zero-order chi connectivity index (χ0) is 20.3. The highest BCUT2D eigenvalue weighted by Crippen LogP contribution is 2.30. The third-order valence-electron chi connectivity index (χ3n) is 5.71. The third-order valence-corrected chi connectivity index (χ3v) is 6.61. The summed E-state index contributed by atoms with van der Waals surface area (Å²) in [5.41, 5.74) is 2.76. The van der Waals surface area contributed by atoms with E-state index in [1.807, 2.05) is 29.6 Å². The summed E-state index contributed by atoms with van der Waals surface area (Å²) in [6.45, 7) is 5.59. The third kappa shape index (κ3) is 4.74. The number of piperazine rings is 1. The average Bonchev–Trinajstić information content (AvgIpc) is 3.20. The Balaban J connectivity index is 1.16. The Kier molecular flexibility index (Phi) is 5.55. The van der Waals surface area contributed by atoms with E-state index < -0.39 is 0 Å². The normalized spacial score (nSPS) is 17.3. The number of furan rings is 1. The number of hydrogen-bond donors (Lipinski definition) is 1. The Morgan fingerprint density at radius 3 is 2.80 bits per heavy atom. The van der Waals surface area contributed by atoms with Gasteiger partial charge in [-0.2, -0.15) is 0 Å². The number of amides is 1. The Morgan fingerprint density at radius 2 is 2.03 bits per heavy atom. The van der Waals surface area contributed by atoms with Crippen LogP contribution in [0.25, 0.3) is 10.8 Å². The molecule has 0 atom stereocenters. The van der Waals surface area contributed by atoms with Crippen molar-refractivity contribution in [1.82, 2.24) is 9.88 Å². The summed E-state index contributed by atoms with van der Waals surface area (Å²) in [4.78, 5) is 22.0. The SMILES string of the molecule is O=C(Cc1csc(-c2ccco2)n1)Nc1cccc(N2CCN(CC3CC3)CC2)c1. The van der Waals surface area contributed by atoms with Crippen molar-refractivity contribution in [3.05, 3.63) is 53.7 Å². The fraction of sp³-hybridized carbons (Fsp3) is 0.391. The Bertz CT molecular complexity index is 988. The van der Waals surface area contributed by atoms with Crippen LogP contribution >= 0.6 is 11.3 Å². The molecule has 30 heavy (non-hydrogen) atoms. The van der Waals surface area contributed by atoms with Crippen LogP contribution in [-0.4, -0.2) is 48.5 Å². The highest BCUT2D eigenvalue weighted by atomic mass is 32.1. The van der Waals surface area contributed by atoms with Gasteiger partial charge in [-0.15, -0.1) is 11.3 Å². The maximum absolute atomic E-state index is 12.5. The summed E-state index contributed by atoms with van der Waals surface area (Å²) in [7, 11) is 0. The van der Waals surface area contributed by atoms with Crippen LogP contribution in [0.2, 0.25) is 0 Å². The minimum absolute atomic E-state index is 0.0577. The van der Waals surface area contributed by atoms with Gasteiger partial charge < -0.3 is 14.6 Å². The molecule has 1 saturated heterocycles. The molecule has 0 bridgehead atoms. The number of anilines is 2. The molecule has 1 saturated carbocycles. The maximum atomic E-state index is 12.5. The topological polar surface area (TPSA) is 61.6 Å². The van der Waals surface area contributed by atoms with Crippen LogP contribution in [0.4, 0.5) is 11.4 Å². The number of aromatic nitrogens is 1. The first-order valence-electron chi connectivity index (χ1n) is 10.6. The smallest absolute Gasteiger partial charge is 0.230 e. The van der Waals surface area contributed by atoms with E-state index in [1.54, 1.807) is 6.26 Å². The highest BCUT2D eigenvalue weighted by molar-refractivity contribution is 7.13. The molecule has 0 spiro atoms. The van der Waals surface area contributed by atoms with E-state index in [1.165, 1.54) is 36.4 Å². The molecule has 1 aromatic carbocycles. The summed E-state index contributed by atoms with van der Waals surface area (Å²) in [5, 5.41) is 5.73. The van der Waals surface area contributed by atoms with Gasteiger partial charge in [0.05, 0.1) is 18.4 Å². The van der Waals surface area contributed by atoms with Gasteiger partial charge in [-0.1, -0.05) is 6.07 Å². The molecular weight excluding hydrogens is 396 g/mol. The first-order valence-corrected chi connectivity index (χ1v) is 11.5. The van der Waals surface area contributed by atoms with Crippen LogP contribution in [0.1, 0.15) is 18.5 Å². The highest BCUT2D eigenvalue weighted by Gasteiger charge is 2.26. The summed E-state index contributed by atoms with van der Waals surface area (Å²) in [5.74, 6) is 1.62. The Hall–Kier alpha value is -2.64. The first-order chi connectivity index (χ1) is 14.7. The molecule has 1 N–H and O–H groups in total. The zero-order valence-corrected chi connectivity index (χ0v) is 17.7. The molecule has 3 aromatic rings. The van der Waals surface area contributed by atoms with E-state index in [-0.39, 0.29) is 12.3 Å². The van der Waals surface area contributed by atoms with E-state index in [0.717, 1.165) is 54.2 Å². The second-order valence-corrected chi connectivity index (χ2v) is 8.99. The van der Waals surface area contributed by atoms with Crippen LogP contribution in [0.15, 0.2) is 52.5 Å². The van der Waals surface area contributed by atoms with Gasteiger partial charge in [-0.05, 0) is 49.1 Å². The average molecular weight is 423 g/mol. The summed E-state index contributed by atoms with van der Waals surface area (Å²) in [6, 6.07) is 11.9. The molecule has 2 fully saturated rings. The number of benzene rings is 1. The second-order valence-electron chi connectivity index (χ2n) is 8.13. The molecule has 6 nitrogen and oxygen atoms in total. The number of thiazole rings is 1. The minimum Gasteiger partial charge on any atom is -0.462 e. The van der Waals surface area contributed by atoms with Crippen LogP contribution in [0.5, 0.6) is 0 Å². The quantitative estimate of drug-likeness (QED) is 0.621. The molecule has 1 aliphatic heterocycles. The van der Waals surface area contributed by atoms with Crippen LogP contribution in [-0.2, 0) is 11.2 Å². The fourth-order valence-corrected chi connectivity index (χ4v) is 4.69. The van der Waals surface area contributed by atoms with Crippen molar-refractivity contribution in [2.24, 2.45) is 5.92 Å². The number of carbonyl (C=O) groups excluding carboxylic acids is 1. The number of nitrogens with zero attached hydrogens (tertiary/aromatic N) is 3. The summed E-state index contributed by atoms with van der Waals surface area (Å²) in [6.07, 6.45) is 4.70. The molecule has 0 unspecified atom stereocenters. The van der Waals surface area contributed by atoms with E-state index in [0.29, 0.717) is 0 Å². The molecule has 5 rings (SSSR count). The molecule has 2 aliphatic rings. The minimum atomic E-state index is -0.0577. The molecule has 0 radical (unpaired) electrons. The van der Waals surface area contributed by atoms with Crippen LogP contribution in [0, 0.1) is 5.92 Å². The lowest BCUT2D eigenvalue weighted by Crippen LogP contribution is -2.47. The van der Waals surface area contributed by atoms with Crippen molar-refractivity contribution in [3.8, 4) is 10.8 Å². The Morgan fingerprint density at radius 1 is 1.17 bits per heavy atom. The van der Waals surface area contributed by atoms with Gasteiger partial charge in [-0.25, -0.2) is 4.98 Å². The van der Waals surface area contributed by atoms with Gasteiger partial charge in [0.25, 0.3) is 0 Å². The van der Waals surface area contributed by atoms with Crippen molar-refractivity contribution in [1.29, 1.82) is 0 Å². The lowest BCUT2D eigenvalue weighted by Gasteiger charge is -2.36. The lowest BCUT2D eigenvalue weighted by atomic mass is 10.2. The molecule has 3 heterocycles. The lowest BCUT2D eigenvalue weighted by molar-refractivity contribution is -0.115. The van der Waals surface area contributed by atoms with Crippen molar-refractivity contribution < 1.29 is 9.21 Å². The van der Waals surface area contributed by atoms with Gasteiger partial charge >= 0.3 is 0 Å². The van der Waals surface area contributed by atoms with E-state index in [2.05, 4.69) is 32.2 Å². The van der Waals surface area contributed by atoms with Crippen molar-refractivity contribution >= 4 is 28.6 Å². The van der Waals surface area contributed by atoms with Crippen LogP contribution < -0.4 is 10.2 Å². The molecule has 156 valence electrons. The largest absolute Gasteiger partial charge is 0.462 e. The fourth-order valence-electron chi connectivity index (χ4n) is 3.91. The second kappa shape index (κ2) is 8.62. The van der Waals surface area contributed by atoms with Gasteiger partial charge in [0.2, 0.25) is 5.91 Å². The summed E-state index contributed by atoms with van der Waals surface area (Å²) < 4.78 is 5.37. The van der Waals surface area contributed by atoms with Gasteiger partial charge in [0.1, 0.15) is 0 Å².